The van der Waals surface area contributed by atoms with Crippen LogP contribution in [-0.4, -0.2) is 46.2 Å². The Bertz CT molecular complexity index is 304. The van der Waals surface area contributed by atoms with Crippen LogP contribution in [0.2, 0.25) is 0 Å². The Morgan fingerprint density at radius 1 is 1.11 bits per heavy atom. The third kappa shape index (κ3) is 6.28. The summed E-state index contributed by atoms with van der Waals surface area (Å²) < 4.78 is 0. The first-order valence-corrected chi connectivity index (χ1v) is 6.63. The first-order chi connectivity index (χ1) is 8.99. The molecule has 1 rings (SSSR count). The minimum absolute atomic E-state index is 0.174. The van der Waals surface area contributed by atoms with Crippen LogP contribution in [0.25, 0.3) is 0 Å². The molecule has 2 atom stereocenters. The van der Waals surface area contributed by atoms with E-state index in [4.69, 9.17) is 10.2 Å². The van der Waals surface area contributed by atoms with Gasteiger partial charge in [0.15, 0.2) is 0 Å². The molecule has 1 aliphatic carbocycles. The minimum atomic E-state index is -1.23. The Kier molecular flexibility index (Phi) is 6.41. The van der Waals surface area contributed by atoms with Crippen molar-refractivity contribution in [1.82, 2.24) is 10.6 Å². The van der Waals surface area contributed by atoms with Crippen LogP contribution < -0.4 is 10.6 Å². The van der Waals surface area contributed by atoms with E-state index in [0.717, 1.165) is 25.7 Å². The van der Waals surface area contributed by atoms with Crippen LogP contribution in [0.1, 0.15) is 38.5 Å². The summed E-state index contributed by atoms with van der Waals surface area (Å²) in [5.74, 6) is 0.394. The van der Waals surface area contributed by atoms with E-state index < -0.39 is 24.3 Å². The molecule has 0 aromatic carbocycles. The Balaban J connectivity index is 2.48. The smallest absolute Gasteiger partial charge is 0.404 e. The fourth-order valence-electron chi connectivity index (χ4n) is 2.59. The summed E-state index contributed by atoms with van der Waals surface area (Å²) in [7, 11) is 0. The predicted molar refractivity (Wildman–Crippen MR) is 68.2 cm³/mol. The Morgan fingerprint density at radius 3 is 2.26 bits per heavy atom. The molecule has 2 unspecified atom stereocenters. The van der Waals surface area contributed by atoms with E-state index >= 15 is 0 Å². The molecule has 0 aliphatic heterocycles. The van der Waals surface area contributed by atoms with Gasteiger partial charge in [0.25, 0.3) is 0 Å². The van der Waals surface area contributed by atoms with Gasteiger partial charge in [0.05, 0.1) is 12.1 Å². The average Bonchev–Trinajstić information content (AvgIpc) is 2.36. The molecular weight excluding hydrogens is 252 g/mol. The minimum Gasteiger partial charge on any atom is -0.465 e. The highest BCUT2D eigenvalue weighted by molar-refractivity contribution is 5.65. The topological polar surface area (TPSA) is 119 Å². The summed E-state index contributed by atoms with van der Waals surface area (Å²) in [5.41, 5.74) is 0. The fourth-order valence-corrected chi connectivity index (χ4v) is 2.59. The number of aliphatic hydroxyl groups is 1. The zero-order chi connectivity index (χ0) is 14.3. The highest BCUT2D eigenvalue weighted by Crippen LogP contribution is 2.27. The molecule has 0 spiro atoms. The van der Waals surface area contributed by atoms with E-state index in [1.54, 1.807) is 0 Å². The monoisotopic (exact) mass is 274 g/mol. The summed E-state index contributed by atoms with van der Waals surface area (Å²) in [6, 6.07) is -0.632. The van der Waals surface area contributed by atoms with Crippen molar-refractivity contribution in [1.29, 1.82) is 0 Å². The molecule has 0 bridgehead atoms. The molecule has 0 saturated heterocycles. The molecule has 2 amide bonds. The number of carbonyl (C=O) groups is 2. The first-order valence-electron chi connectivity index (χ1n) is 6.63. The van der Waals surface area contributed by atoms with E-state index in [2.05, 4.69) is 10.6 Å². The van der Waals surface area contributed by atoms with Gasteiger partial charge in [-0.3, -0.25) is 0 Å². The number of hydrogen-bond donors (Lipinski definition) is 5. The van der Waals surface area contributed by atoms with Crippen molar-refractivity contribution in [2.45, 2.75) is 50.7 Å². The van der Waals surface area contributed by atoms with Crippen LogP contribution in [0.5, 0.6) is 0 Å². The van der Waals surface area contributed by atoms with Crippen molar-refractivity contribution >= 4 is 12.2 Å². The van der Waals surface area contributed by atoms with Gasteiger partial charge in [-0.25, -0.2) is 9.59 Å². The second-order valence-corrected chi connectivity index (χ2v) is 5.05. The molecule has 19 heavy (non-hydrogen) atoms. The maximum absolute atomic E-state index is 10.7. The molecule has 0 aromatic rings. The predicted octanol–water partition coefficient (Wildman–Crippen LogP) is 1.22. The number of amides is 2. The molecule has 1 fully saturated rings. The van der Waals surface area contributed by atoms with E-state index in [1.165, 1.54) is 6.42 Å². The van der Waals surface area contributed by atoms with Crippen molar-refractivity contribution in [2.24, 2.45) is 5.92 Å². The highest BCUT2D eigenvalue weighted by atomic mass is 16.4. The van der Waals surface area contributed by atoms with Gasteiger partial charge in [-0.15, -0.1) is 0 Å². The zero-order valence-corrected chi connectivity index (χ0v) is 10.8. The Labute approximate surface area is 112 Å². The van der Waals surface area contributed by atoms with Gasteiger partial charge >= 0.3 is 12.2 Å². The standard InChI is InChI=1S/C12H22N2O5/c15-10(7-13-11(16)17)9(14-12(18)19)6-8-4-2-1-3-5-8/h8-10,13-15H,1-7H2,(H,16,17)(H,18,19). The van der Waals surface area contributed by atoms with E-state index in [9.17, 15) is 14.7 Å². The van der Waals surface area contributed by atoms with Crippen molar-refractivity contribution < 1.29 is 24.9 Å². The zero-order valence-electron chi connectivity index (χ0n) is 10.8. The Morgan fingerprint density at radius 2 is 1.74 bits per heavy atom. The molecular formula is C12H22N2O5. The van der Waals surface area contributed by atoms with Gasteiger partial charge in [0.1, 0.15) is 0 Å². The highest BCUT2D eigenvalue weighted by Gasteiger charge is 2.26. The van der Waals surface area contributed by atoms with Crippen molar-refractivity contribution in [2.75, 3.05) is 6.54 Å². The lowest BCUT2D eigenvalue weighted by atomic mass is 9.83. The number of rotatable bonds is 6. The van der Waals surface area contributed by atoms with Gasteiger partial charge in [0.2, 0.25) is 0 Å². The first kappa shape index (κ1) is 15.6. The fraction of sp³-hybridized carbons (Fsp3) is 0.833. The maximum Gasteiger partial charge on any atom is 0.404 e. The quantitative estimate of drug-likeness (QED) is 0.499. The van der Waals surface area contributed by atoms with Gasteiger partial charge < -0.3 is 26.0 Å². The third-order valence-electron chi connectivity index (χ3n) is 3.55. The normalized spacial score (nSPS) is 19.4. The summed E-state index contributed by atoms with van der Waals surface area (Å²) in [6.45, 7) is -0.174. The van der Waals surface area contributed by atoms with Gasteiger partial charge in [-0.1, -0.05) is 32.1 Å². The van der Waals surface area contributed by atoms with Crippen molar-refractivity contribution in [3.63, 3.8) is 0 Å². The second kappa shape index (κ2) is 7.83. The molecule has 110 valence electrons. The lowest BCUT2D eigenvalue weighted by Crippen LogP contribution is -2.48. The molecule has 0 radical (unpaired) electrons. The largest absolute Gasteiger partial charge is 0.465 e. The molecule has 0 aromatic heterocycles. The maximum atomic E-state index is 10.7. The van der Waals surface area contributed by atoms with Gasteiger partial charge in [-0.05, 0) is 12.3 Å². The number of aliphatic hydroxyl groups excluding tert-OH is 1. The lowest BCUT2D eigenvalue weighted by molar-refractivity contribution is 0.100. The van der Waals surface area contributed by atoms with Crippen LogP contribution in [0.3, 0.4) is 0 Å². The molecule has 7 nitrogen and oxygen atoms in total. The van der Waals surface area contributed by atoms with E-state index in [0.29, 0.717) is 12.3 Å². The number of carboxylic acid groups (broad SMARTS) is 2. The van der Waals surface area contributed by atoms with Gasteiger partial charge in [-0.2, -0.15) is 0 Å². The van der Waals surface area contributed by atoms with Crippen LogP contribution in [0, 0.1) is 5.92 Å². The number of hydrogen-bond acceptors (Lipinski definition) is 3. The van der Waals surface area contributed by atoms with Gasteiger partial charge in [0, 0.05) is 6.54 Å². The molecule has 5 N–H and O–H groups in total. The van der Waals surface area contributed by atoms with Crippen molar-refractivity contribution in [3.8, 4) is 0 Å². The molecule has 1 aliphatic rings. The molecule has 0 heterocycles. The SMILES string of the molecule is O=C(O)NCC(O)C(CC1CCCCC1)NC(=O)O. The summed E-state index contributed by atoms with van der Waals surface area (Å²) in [6.07, 6.45) is 2.62. The number of nitrogens with one attached hydrogen (secondary N) is 2. The van der Waals surface area contributed by atoms with Crippen molar-refractivity contribution in [3.05, 3.63) is 0 Å². The summed E-state index contributed by atoms with van der Waals surface area (Å²) >= 11 is 0. The average molecular weight is 274 g/mol. The second-order valence-electron chi connectivity index (χ2n) is 5.05. The van der Waals surface area contributed by atoms with Crippen LogP contribution in [0.15, 0.2) is 0 Å². The van der Waals surface area contributed by atoms with Crippen LogP contribution in [-0.2, 0) is 0 Å². The van der Waals surface area contributed by atoms with Crippen LogP contribution in [0.4, 0.5) is 9.59 Å². The van der Waals surface area contributed by atoms with Crippen LogP contribution >= 0.6 is 0 Å². The summed E-state index contributed by atoms with van der Waals surface area (Å²) in [4.78, 5) is 21.1. The van der Waals surface area contributed by atoms with E-state index in [-0.39, 0.29) is 6.54 Å². The molecule has 1 saturated carbocycles. The summed E-state index contributed by atoms with van der Waals surface area (Å²) in [5, 5.41) is 31.5. The Hall–Kier alpha value is -1.50. The third-order valence-corrected chi connectivity index (χ3v) is 3.55. The molecule has 7 heteroatoms. The van der Waals surface area contributed by atoms with E-state index in [1.807, 2.05) is 0 Å². The lowest BCUT2D eigenvalue weighted by Gasteiger charge is -2.29.